The fourth-order valence-corrected chi connectivity index (χ4v) is 3.29. The van der Waals surface area contributed by atoms with Gasteiger partial charge in [0.1, 0.15) is 24.0 Å². The molecule has 7 heteroatoms. The van der Waals surface area contributed by atoms with Crippen LogP contribution in [0.4, 0.5) is 17.3 Å². The third kappa shape index (κ3) is 3.94. The van der Waals surface area contributed by atoms with Gasteiger partial charge in [-0.1, -0.05) is 17.7 Å². The maximum absolute atomic E-state index is 9.42. The van der Waals surface area contributed by atoms with Crippen LogP contribution in [0.3, 0.4) is 0 Å². The lowest BCUT2D eigenvalue weighted by molar-refractivity contribution is 0.528. The summed E-state index contributed by atoms with van der Waals surface area (Å²) < 4.78 is 0. The van der Waals surface area contributed by atoms with Crippen molar-refractivity contribution < 1.29 is 0 Å². The van der Waals surface area contributed by atoms with Crippen molar-refractivity contribution in [1.29, 1.82) is 5.26 Å². The largest absolute Gasteiger partial charge is 0.368 e. The molecule has 3 rings (SSSR count). The van der Waals surface area contributed by atoms with E-state index in [2.05, 4.69) is 26.3 Å². The molecule has 0 bridgehead atoms. The molecule has 1 unspecified atom stereocenters. The fraction of sp³-hybridized carbons (Fsp3) is 0.389. The molecule has 1 N–H and O–H groups in total. The van der Waals surface area contributed by atoms with E-state index >= 15 is 0 Å². The van der Waals surface area contributed by atoms with Crippen molar-refractivity contribution in [3.05, 3.63) is 41.2 Å². The SMILES string of the molecule is CN(C)c1cc(NC2CCCN(c3cccc(Cl)c3C#N)C2)ncn1. The van der Waals surface area contributed by atoms with Crippen molar-refractivity contribution in [2.75, 3.05) is 42.3 Å². The van der Waals surface area contributed by atoms with E-state index in [1.807, 2.05) is 37.2 Å². The van der Waals surface area contributed by atoms with Crippen molar-refractivity contribution in [2.45, 2.75) is 18.9 Å². The third-order valence-electron chi connectivity index (χ3n) is 4.33. The second-order valence-corrected chi connectivity index (χ2v) is 6.74. The normalized spacial score (nSPS) is 17.0. The van der Waals surface area contributed by atoms with Gasteiger partial charge in [0.25, 0.3) is 0 Å². The molecule has 0 radical (unpaired) electrons. The van der Waals surface area contributed by atoms with Crippen LogP contribution in [0.5, 0.6) is 0 Å². The standard InChI is InChI=1S/C18H21ClN6/c1-24(2)18-9-17(21-12-22-18)23-13-5-4-8-25(11-13)16-7-3-6-15(19)14(16)10-20/h3,6-7,9,12-13H,4-5,8,11H2,1-2H3,(H,21,22,23). The second kappa shape index (κ2) is 7.58. The Balaban J connectivity index is 1.75. The predicted molar refractivity (Wildman–Crippen MR) is 101 cm³/mol. The molecule has 2 aromatic rings. The first-order valence-electron chi connectivity index (χ1n) is 8.28. The molecule has 0 aliphatic carbocycles. The van der Waals surface area contributed by atoms with Gasteiger partial charge in [-0.25, -0.2) is 9.97 Å². The average Bonchev–Trinajstić information content (AvgIpc) is 2.62. The number of piperidine rings is 1. The minimum Gasteiger partial charge on any atom is -0.368 e. The summed E-state index contributed by atoms with van der Waals surface area (Å²) >= 11 is 6.18. The Morgan fingerprint density at radius 3 is 2.96 bits per heavy atom. The first-order valence-corrected chi connectivity index (χ1v) is 8.65. The molecule has 1 fully saturated rings. The molecule has 1 aliphatic heterocycles. The lowest BCUT2D eigenvalue weighted by atomic mass is 10.0. The summed E-state index contributed by atoms with van der Waals surface area (Å²) in [7, 11) is 3.91. The molecule has 130 valence electrons. The zero-order chi connectivity index (χ0) is 17.8. The van der Waals surface area contributed by atoms with Crippen LogP contribution in [0.25, 0.3) is 0 Å². The van der Waals surface area contributed by atoms with Gasteiger partial charge >= 0.3 is 0 Å². The number of nitrogens with one attached hydrogen (secondary N) is 1. The molecular weight excluding hydrogens is 336 g/mol. The van der Waals surface area contributed by atoms with E-state index in [4.69, 9.17) is 11.6 Å². The number of benzene rings is 1. The van der Waals surface area contributed by atoms with Crippen molar-refractivity contribution in [3.63, 3.8) is 0 Å². The minimum atomic E-state index is 0.254. The fourth-order valence-electron chi connectivity index (χ4n) is 3.08. The number of hydrogen-bond acceptors (Lipinski definition) is 6. The number of halogens is 1. The second-order valence-electron chi connectivity index (χ2n) is 6.33. The molecule has 0 spiro atoms. The summed E-state index contributed by atoms with van der Waals surface area (Å²) in [6.07, 6.45) is 3.67. The van der Waals surface area contributed by atoms with Crippen molar-refractivity contribution in [1.82, 2.24) is 9.97 Å². The highest BCUT2D eigenvalue weighted by Gasteiger charge is 2.23. The van der Waals surface area contributed by atoms with E-state index in [-0.39, 0.29) is 6.04 Å². The summed E-state index contributed by atoms with van der Waals surface area (Å²) in [6.45, 7) is 1.72. The highest BCUT2D eigenvalue weighted by Crippen LogP contribution is 2.29. The molecular formula is C18H21ClN6. The van der Waals surface area contributed by atoms with Gasteiger partial charge < -0.3 is 15.1 Å². The quantitative estimate of drug-likeness (QED) is 0.907. The van der Waals surface area contributed by atoms with E-state index in [0.717, 1.165) is 43.3 Å². The van der Waals surface area contributed by atoms with E-state index in [1.54, 1.807) is 12.4 Å². The van der Waals surface area contributed by atoms with Gasteiger partial charge in [0, 0.05) is 39.3 Å². The number of hydrogen-bond donors (Lipinski definition) is 1. The maximum atomic E-state index is 9.42. The van der Waals surface area contributed by atoms with Crippen LogP contribution in [0.2, 0.25) is 5.02 Å². The lowest BCUT2D eigenvalue weighted by Crippen LogP contribution is -2.42. The van der Waals surface area contributed by atoms with Crippen molar-refractivity contribution in [3.8, 4) is 6.07 Å². The van der Waals surface area contributed by atoms with E-state index in [0.29, 0.717) is 10.6 Å². The Bertz CT molecular complexity index is 785. The van der Waals surface area contributed by atoms with Crippen molar-refractivity contribution >= 4 is 28.9 Å². The Hall–Kier alpha value is -2.52. The average molecular weight is 357 g/mol. The van der Waals surface area contributed by atoms with Crippen LogP contribution in [-0.4, -0.2) is 43.2 Å². The number of anilines is 3. The number of nitriles is 1. The summed E-state index contributed by atoms with van der Waals surface area (Å²) in [5, 5.41) is 13.4. The van der Waals surface area contributed by atoms with Crippen LogP contribution in [0.1, 0.15) is 18.4 Å². The zero-order valence-electron chi connectivity index (χ0n) is 14.4. The van der Waals surface area contributed by atoms with Gasteiger partial charge in [0.15, 0.2) is 0 Å². The lowest BCUT2D eigenvalue weighted by Gasteiger charge is -2.35. The highest BCUT2D eigenvalue weighted by atomic mass is 35.5. The van der Waals surface area contributed by atoms with Gasteiger partial charge in [-0.3, -0.25) is 0 Å². The Morgan fingerprint density at radius 1 is 1.36 bits per heavy atom. The van der Waals surface area contributed by atoms with Gasteiger partial charge in [-0.05, 0) is 25.0 Å². The van der Waals surface area contributed by atoms with E-state index in [9.17, 15) is 5.26 Å². The van der Waals surface area contributed by atoms with Gasteiger partial charge in [-0.15, -0.1) is 0 Å². The minimum absolute atomic E-state index is 0.254. The van der Waals surface area contributed by atoms with Crippen LogP contribution in [0, 0.1) is 11.3 Å². The molecule has 6 nitrogen and oxygen atoms in total. The molecule has 0 saturated carbocycles. The number of nitrogens with zero attached hydrogens (tertiary/aromatic N) is 5. The van der Waals surface area contributed by atoms with Gasteiger partial charge in [0.2, 0.25) is 0 Å². The molecule has 1 aliphatic rings. The molecule has 2 heterocycles. The van der Waals surface area contributed by atoms with Crippen molar-refractivity contribution in [2.24, 2.45) is 0 Å². The Morgan fingerprint density at radius 2 is 2.20 bits per heavy atom. The summed E-state index contributed by atoms with van der Waals surface area (Å²) in [6, 6.07) is 10.0. The van der Waals surface area contributed by atoms with Gasteiger partial charge in [0.05, 0.1) is 16.3 Å². The van der Waals surface area contributed by atoms with Gasteiger partial charge in [-0.2, -0.15) is 5.26 Å². The Kier molecular flexibility index (Phi) is 5.25. The number of rotatable bonds is 4. The summed E-state index contributed by atoms with van der Waals surface area (Å²) in [5.74, 6) is 1.68. The summed E-state index contributed by atoms with van der Waals surface area (Å²) in [5.41, 5.74) is 1.44. The molecule has 25 heavy (non-hydrogen) atoms. The van der Waals surface area contributed by atoms with Crippen LogP contribution in [-0.2, 0) is 0 Å². The predicted octanol–water partition coefficient (Wildman–Crippen LogP) is 3.15. The smallest absolute Gasteiger partial charge is 0.133 e. The Labute approximate surface area is 153 Å². The third-order valence-corrected chi connectivity index (χ3v) is 4.64. The molecule has 1 aromatic heterocycles. The topological polar surface area (TPSA) is 68.1 Å². The number of aromatic nitrogens is 2. The molecule has 1 saturated heterocycles. The zero-order valence-corrected chi connectivity index (χ0v) is 15.2. The molecule has 1 aromatic carbocycles. The summed E-state index contributed by atoms with van der Waals surface area (Å²) in [4.78, 5) is 12.7. The molecule has 1 atom stereocenters. The van der Waals surface area contributed by atoms with E-state index in [1.165, 1.54) is 0 Å². The monoisotopic (exact) mass is 356 g/mol. The maximum Gasteiger partial charge on any atom is 0.133 e. The first kappa shape index (κ1) is 17.3. The first-order chi connectivity index (χ1) is 12.1. The van der Waals surface area contributed by atoms with Crippen LogP contribution < -0.4 is 15.1 Å². The van der Waals surface area contributed by atoms with E-state index < -0.39 is 0 Å². The molecule has 0 amide bonds. The highest BCUT2D eigenvalue weighted by molar-refractivity contribution is 6.32. The van der Waals surface area contributed by atoms with Crippen LogP contribution in [0.15, 0.2) is 30.6 Å². The van der Waals surface area contributed by atoms with Crippen LogP contribution >= 0.6 is 11.6 Å².